The minimum Gasteiger partial charge on any atom is -0.448 e. The minimum absolute atomic E-state index is 0.355. The van der Waals surface area contributed by atoms with Crippen LogP contribution in [0.5, 0.6) is 0 Å². The molecule has 25 heavy (non-hydrogen) atoms. The van der Waals surface area contributed by atoms with E-state index < -0.39 is 41.1 Å². The van der Waals surface area contributed by atoms with Gasteiger partial charge in [-0.05, 0) is 44.0 Å². The minimum atomic E-state index is -1.69. The van der Waals surface area contributed by atoms with Gasteiger partial charge in [0, 0.05) is 4.88 Å². The summed E-state index contributed by atoms with van der Waals surface area (Å²) in [6.45, 7) is 5.13. The van der Waals surface area contributed by atoms with E-state index in [1.165, 1.54) is 18.3 Å². The standard InChI is InChI=1S/C17H16F3NO3S/c1-4-10-7-13(25-9(10)3)17(23)24-8(2)16(22)21-12-6-5-11(18)14(19)15(12)20/h5-8H,4H2,1-3H3,(H,21,22)/t8-/m1/s1. The molecule has 8 heteroatoms. The Morgan fingerprint density at radius 1 is 1.24 bits per heavy atom. The quantitative estimate of drug-likeness (QED) is 0.632. The lowest BCUT2D eigenvalue weighted by atomic mass is 10.2. The number of rotatable bonds is 5. The second kappa shape index (κ2) is 7.69. The maximum Gasteiger partial charge on any atom is 0.349 e. The molecule has 0 saturated carbocycles. The molecule has 2 aromatic rings. The highest BCUT2D eigenvalue weighted by molar-refractivity contribution is 7.14. The number of benzene rings is 1. The molecule has 4 nitrogen and oxygen atoms in total. The Balaban J connectivity index is 2.05. The molecule has 1 N–H and O–H groups in total. The lowest BCUT2D eigenvalue weighted by molar-refractivity contribution is -0.123. The maximum atomic E-state index is 13.6. The molecular formula is C17H16F3NO3S. The average molecular weight is 371 g/mol. The lowest BCUT2D eigenvalue weighted by Gasteiger charge is -2.13. The van der Waals surface area contributed by atoms with Gasteiger partial charge < -0.3 is 10.1 Å². The third kappa shape index (κ3) is 4.19. The van der Waals surface area contributed by atoms with Gasteiger partial charge in [0.15, 0.2) is 23.6 Å². The molecule has 0 aliphatic carbocycles. The number of aryl methyl sites for hydroxylation is 2. The van der Waals surface area contributed by atoms with Crippen LogP contribution < -0.4 is 5.32 Å². The van der Waals surface area contributed by atoms with E-state index in [1.807, 2.05) is 13.8 Å². The fourth-order valence-corrected chi connectivity index (χ4v) is 3.10. The summed E-state index contributed by atoms with van der Waals surface area (Å²) in [4.78, 5) is 25.4. The second-order valence-electron chi connectivity index (χ2n) is 5.31. The Bertz CT molecular complexity index is 820. The second-order valence-corrected chi connectivity index (χ2v) is 6.56. The molecule has 1 aromatic carbocycles. The van der Waals surface area contributed by atoms with Crippen molar-refractivity contribution in [2.75, 3.05) is 5.32 Å². The van der Waals surface area contributed by atoms with Crippen molar-refractivity contribution in [1.29, 1.82) is 0 Å². The van der Waals surface area contributed by atoms with Gasteiger partial charge in [-0.25, -0.2) is 18.0 Å². The van der Waals surface area contributed by atoms with E-state index in [0.29, 0.717) is 10.9 Å². The Labute approximate surface area is 146 Å². The SMILES string of the molecule is CCc1cc(C(=O)O[C@H](C)C(=O)Nc2ccc(F)c(F)c2F)sc1C. The van der Waals surface area contributed by atoms with E-state index in [9.17, 15) is 22.8 Å². The summed E-state index contributed by atoms with van der Waals surface area (Å²) in [6, 6.07) is 3.27. The van der Waals surface area contributed by atoms with Crippen LogP contribution >= 0.6 is 11.3 Å². The number of ether oxygens (including phenoxy) is 1. The lowest BCUT2D eigenvalue weighted by Crippen LogP contribution is -2.30. The molecule has 0 bridgehead atoms. The largest absolute Gasteiger partial charge is 0.448 e. The van der Waals surface area contributed by atoms with Crippen LogP contribution in [-0.2, 0) is 16.0 Å². The first-order chi connectivity index (χ1) is 11.7. The van der Waals surface area contributed by atoms with Crippen molar-refractivity contribution in [3.8, 4) is 0 Å². The van der Waals surface area contributed by atoms with E-state index in [-0.39, 0.29) is 0 Å². The summed E-state index contributed by atoms with van der Waals surface area (Å²) in [5, 5.41) is 2.07. The summed E-state index contributed by atoms with van der Waals surface area (Å²) < 4.78 is 44.7. The number of carbonyl (C=O) groups excluding carboxylic acids is 2. The predicted molar refractivity (Wildman–Crippen MR) is 88.3 cm³/mol. The molecule has 134 valence electrons. The number of halogens is 3. The van der Waals surface area contributed by atoms with Crippen LogP contribution in [0.1, 0.15) is 34.0 Å². The van der Waals surface area contributed by atoms with Gasteiger partial charge in [0.05, 0.1) is 5.69 Å². The van der Waals surface area contributed by atoms with Crippen molar-refractivity contribution in [2.24, 2.45) is 0 Å². The van der Waals surface area contributed by atoms with Gasteiger partial charge in [-0.1, -0.05) is 6.92 Å². The van der Waals surface area contributed by atoms with E-state index >= 15 is 0 Å². The van der Waals surface area contributed by atoms with E-state index in [2.05, 4.69) is 5.32 Å². The zero-order chi connectivity index (χ0) is 18.7. The van der Waals surface area contributed by atoms with Crippen LogP contribution in [0.25, 0.3) is 0 Å². The molecule has 2 rings (SSSR count). The summed E-state index contributed by atoms with van der Waals surface area (Å²) in [7, 11) is 0. The fourth-order valence-electron chi connectivity index (χ4n) is 2.10. The summed E-state index contributed by atoms with van der Waals surface area (Å²) in [5.74, 6) is -6.12. The molecule has 0 aliphatic rings. The number of anilines is 1. The Morgan fingerprint density at radius 3 is 2.52 bits per heavy atom. The Hall–Kier alpha value is -2.35. The number of hydrogen-bond donors (Lipinski definition) is 1. The molecule has 1 amide bonds. The third-order valence-electron chi connectivity index (χ3n) is 3.55. The molecule has 0 fully saturated rings. The van der Waals surface area contributed by atoms with Gasteiger partial charge in [-0.3, -0.25) is 4.79 Å². The van der Waals surface area contributed by atoms with Crippen LogP contribution in [-0.4, -0.2) is 18.0 Å². The first-order valence-corrected chi connectivity index (χ1v) is 8.30. The van der Waals surface area contributed by atoms with E-state index in [4.69, 9.17) is 4.74 Å². The monoisotopic (exact) mass is 371 g/mol. The van der Waals surface area contributed by atoms with Crippen LogP contribution in [0.4, 0.5) is 18.9 Å². The fraction of sp³-hybridized carbons (Fsp3) is 0.294. The van der Waals surface area contributed by atoms with Crippen molar-refractivity contribution in [3.63, 3.8) is 0 Å². The Morgan fingerprint density at radius 2 is 1.92 bits per heavy atom. The highest BCUT2D eigenvalue weighted by Gasteiger charge is 2.23. The van der Waals surface area contributed by atoms with Gasteiger partial charge in [-0.2, -0.15) is 0 Å². The highest BCUT2D eigenvalue weighted by atomic mass is 32.1. The highest BCUT2D eigenvalue weighted by Crippen LogP contribution is 2.24. The molecule has 1 aromatic heterocycles. The first kappa shape index (κ1) is 19.0. The predicted octanol–water partition coefficient (Wildman–Crippen LogP) is 4.22. The van der Waals surface area contributed by atoms with Crippen LogP contribution in [0.15, 0.2) is 18.2 Å². The smallest absolute Gasteiger partial charge is 0.349 e. The van der Waals surface area contributed by atoms with E-state index in [0.717, 1.165) is 22.9 Å². The van der Waals surface area contributed by atoms with E-state index in [1.54, 1.807) is 6.07 Å². The molecule has 0 radical (unpaired) electrons. The number of esters is 1. The maximum absolute atomic E-state index is 13.6. The van der Waals surface area contributed by atoms with Crippen LogP contribution in [0.2, 0.25) is 0 Å². The molecule has 1 heterocycles. The van der Waals surface area contributed by atoms with Crippen molar-refractivity contribution in [1.82, 2.24) is 0 Å². The van der Waals surface area contributed by atoms with Gasteiger partial charge >= 0.3 is 5.97 Å². The Kier molecular flexibility index (Phi) is 5.84. The van der Waals surface area contributed by atoms with Gasteiger partial charge in [0.25, 0.3) is 5.91 Å². The summed E-state index contributed by atoms with van der Waals surface area (Å²) in [6.07, 6.45) is -0.478. The molecule has 1 atom stereocenters. The first-order valence-electron chi connectivity index (χ1n) is 7.49. The van der Waals surface area contributed by atoms with Gasteiger partial charge in [-0.15, -0.1) is 11.3 Å². The van der Waals surface area contributed by atoms with Crippen LogP contribution in [0.3, 0.4) is 0 Å². The number of carbonyl (C=O) groups is 2. The molecule has 0 unspecified atom stereocenters. The van der Waals surface area contributed by atoms with Gasteiger partial charge in [0.1, 0.15) is 4.88 Å². The summed E-state index contributed by atoms with van der Waals surface area (Å²) >= 11 is 1.25. The zero-order valence-electron chi connectivity index (χ0n) is 13.8. The molecular weight excluding hydrogens is 355 g/mol. The normalized spacial score (nSPS) is 11.9. The molecule has 0 saturated heterocycles. The topological polar surface area (TPSA) is 55.4 Å². The third-order valence-corrected chi connectivity index (χ3v) is 4.62. The van der Waals surface area contributed by atoms with Crippen molar-refractivity contribution in [3.05, 3.63) is 51.0 Å². The van der Waals surface area contributed by atoms with Gasteiger partial charge in [0.2, 0.25) is 0 Å². The zero-order valence-corrected chi connectivity index (χ0v) is 14.6. The van der Waals surface area contributed by atoms with Crippen molar-refractivity contribution < 1.29 is 27.5 Å². The summed E-state index contributed by atoms with van der Waals surface area (Å²) in [5.41, 5.74) is 0.477. The van der Waals surface area contributed by atoms with Crippen LogP contribution in [0, 0.1) is 24.4 Å². The van der Waals surface area contributed by atoms with Crippen molar-refractivity contribution >= 4 is 28.9 Å². The average Bonchev–Trinajstić information content (AvgIpc) is 2.96. The van der Waals surface area contributed by atoms with Crippen molar-refractivity contribution in [2.45, 2.75) is 33.3 Å². The number of hydrogen-bond acceptors (Lipinski definition) is 4. The molecule has 0 spiro atoms. The molecule has 0 aliphatic heterocycles. The number of thiophene rings is 1. The number of nitrogens with one attached hydrogen (secondary N) is 1. The number of amides is 1.